The quantitative estimate of drug-likeness (QED) is 0.358. The first-order valence-electron chi connectivity index (χ1n) is 10.6. The summed E-state index contributed by atoms with van der Waals surface area (Å²) in [4.78, 5) is 25.2. The second-order valence-electron chi connectivity index (χ2n) is 7.77. The second-order valence-corrected chi connectivity index (χ2v) is 7.77. The summed E-state index contributed by atoms with van der Waals surface area (Å²) in [5.74, 6) is 1.02. The first kappa shape index (κ1) is 23.5. The van der Waals surface area contributed by atoms with Gasteiger partial charge in [-0.2, -0.15) is 0 Å². The van der Waals surface area contributed by atoms with Crippen molar-refractivity contribution in [3.05, 3.63) is 54.1 Å². The minimum atomic E-state index is -0.233. The third-order valence-electron chi connectivity index (χ3n) is 5.67. The molecule has 0 aliphatic carbocycles. The Kier molecular flexibility index (Phi) is 8.70. The van der Waals surface area contributed by atoms with Crippen LogP contribution in [0.2, 0.25) is 0 Å². The topological polar surface area (TPSA) is 75.0 Å². The van der Waals surface area contributed by atoms with Crippen molar-refractivity contribution in [2.75, 3.05) is 39.8 Å². The van der Waals surface area contributed by atoms with E-state index in [0.29, 0.717) is 26.2 Å². The van der Waals surface area contributed by atoms with Crippen LogP contribution in [0.5, 0.6) is 0 Å². The van der Waals surface area contributed by atoms with Crippen LogP contribution in [0.15, 0.2) is 48.0 Å². The highest BCUT2D eigenvalue weighted by Crippen LogP contribution is 2.16. The number of rotatable bonds is 5. The molecule has 2 fully saturated rings. The van der Waals surface area contributed by atoms with Crippen LogP contribution in [0.1, 0.15) is 24.0 Å². The summed E-state index contributed by atoms with van der Waals surface area (Å²) in [5, 5.41) is 3.47. The Morgan fingerprint density at radius 2 is 2.00 bits per heavy atom. The van der Waals surface area contributed by atoms with Gasteiger partial charge in [0.1, 0.15) is 6.10 Å². The molecule has 2 aromatic rings. The lowest BCUT2D eigenvalue weighted by Crippen LogP contribution is -2.55. The summed E-state index contributed by atoms with van der Waals surface area (Å²) in [6, 6.07) is 8.54. The van der Waals surface area contributed by atoms with Gasteiger partial charge in [0.05, 0.1) is 6.33 Å². The molecule has 31 heavy (non-hydrogen) atoms. The van der Waals surface area contributed by atoms with E-state index in [1.54, 1.807) is 6.20 Å². The van der Waals surface area contributed by atoms with Gasteiger partial charge >= 0.3 is 0 Å². The average Bonchev–Trinajstić information content (AvgIpc) is 3.49. The molecule has 4 rings (SSSR count). The Morgan fingerprint density at radius 1 is 1.23 bits per heavy atom. The number of piperazine rings is 1. The van der Waals surface area contributed by atoms with Crippen molar-refractivity contribution in [2.45, 2.75) is 32.0 Å². The third-order valence-corrected chi connectivity index (χ3v) is 5.67. The number of nitrogens with zero attached hydrogens (tertiary/aromatic N) is 5. The Labute approximate surface area is 200 Å². The number of nitrogens with one attached hydrogen (secondary N) is 1. The van der Waals surface area contributed by atoms with Gasteiger partial charge in [-0.3, -0.25) is 9.79 Å². The molecule has 1 N–H and O–H groups in total. The van der Waals surface area contributed by atoms with Crippen molar-refractivity contribution in [3.8, 4) is 0 Å². The predicted octanol–water partition coefficient (Wildman–Crippen LogP) is 1.95. The van der Waals surface area contributed by atoms with Gasteiger partial charge in [-0.1, -0.05) is 24.3 Å². The van der Waals surface area contributed by atoms with E-state index in [0.717, 1.165) is 38.4 Å². The van der Waals surface area contributed by atoms with Crippen LogP contribution in [-0.4, -0.2) is 77.2 Å². The molecule has 0 spiro atoms. The van der Waals surface area contributed by atoms with Gasteiger partial charge in [0.2, 0.25) is 0 Å². The number of amides is 1. The Balaban J connectivity index is 0.00000272. The molecule has 1 atom stereocenters. The maximum Gasteiger partial charge on any atom is 0.251 e. The monoisotopic (exact) mass is 538 g/mol. The molecular weight excluding hydrogens is 507 g/mol. The van der Waals surface area contributed by atoms with Gasteiger partial charge in [0.25, 0.3) is 5.91 Å². The zero-order chi connectivity index (χ0) is 20.8. The molecule has 3 heterocycles. The van der Waals surface area contributed by atoms with Crippen LogP contribution in [0, 0.1) is 0 Å². The second kappa shape index (κ2) is 11.5. The number of aromatic nitrogens is 2. The maximum atomic E-state index is 12.5. The van der Waals surface area contributed by atoms with Gasteiger partial charge in [-0.05, 0) is 24.0 Å². The van der Waals surface area contributed by atoms with Gasteiger partial charge < -0.3 is 24.4 Å². The van der Waals surface area contributed by atoms with E-state index in [4.69, 9.17) is 4.74 Å². The SMILES string of the molecule is CN=C(NCc1cccc(Cn2ccnc2)c1)N1CCN(C(=O)C2CCCO2)CC1.I. The minimum absolute atomic E-state index is 0. The van der Waals surface area contributed by atoms with E-state index in [9.17, 15) is 4.79 Å². The highest BCUT2D eigenvalue weighted by Gasteiger charge is 2.30. The van der Waals surface area contributed by atoms with E-state index >= 15 is 0 Å². The van der Waals surface area contributed by atoms with E-state index in [2.05, 4.69) is 49.0 Å². The molecule has 1 amide bonds. The third kappa shape index (κ3) is 6.19. The number of hydrogen-bond donors (Lipinski definition) is 1. The number of benzene rings is 1. The number of carbonyl (C=O) groups excluding carboxylic acids is 1. The predicted molar refractivity (Wildman–Crippen MR) is 131 cm³/mol. The van der Waals surface area contributed by atoms with Gasteiger partial charge in [0, 0.05) is 65.3 Å². The highest BCUT2D eigenvalue weighted by molar-refractivity contribution is 14.0. The number of guanidine groups is 1. The summed E-state index contributed by atoms with van der Waals surface area (Å²) >= 11 is 0. The van der Waals surface area contributed by atoms with Gasteiger partial charge in [-0.15, -0.1) is 24.0 Å². The Bertz CT molecular complexity index is 859. The fourth-order valence-electron chi connectivity index (χ4n) is 4.06. The molecule has 0 bridgehead atoms. The summed E-state index contributed by atoms with van der Waals surface area (Å²) in [7, 11) is 1.81. The smallest absolute Gasteiger partial charge is 0.251 e. The molecule has 2 aliphatic rings. The minimum Gasteiger partial charge on any atom is -0.368 e. The standard InChI is InChI=1S/C22H30N6O2.HI/c1-23-22(28-11-9-27(10-12-28)21(29)20-6-3-13-30-20)25-15-18-4-2-5-19(14-18)16-26-8-7-24-17-26;/h2,4-5,7-8,14,17,20H,3,6,9-13,15-16H2,1H3,(H,23,25);1H. The highest BCUT2D eigenvalue weighted by atomic mass is 127. The van der Waals surface area contributed by atoms with Crippen molar-refractivity contribution >= 4 is 35.8 Å². The fraction of sp³-hybridized carbons (Fsp3) is 0.500. The van der Waals surface area contributed by atoms with E-state index < -0.39 is 0 Å². The number of ether oxygens (including phenoxy) is 1. The largest absolute Gasteiger partial charge is 0.368 e. The molecule has 2 aliphatic heterocycles. The zero-order valence-corrected chi connectivity index (χ0v) is 20.3. The van der Waals surface area contributed by atoms with Crippen LogP contribution in [0.25, 0.3) is 0 Å². The number of aliphatic imine (C=N–C) groups is 1. The average molecular weight is 538 g/mol. The van der Waals surface area contributed by atoms with Crippen molar-refractivity contribution in [1.82, 2.24) is 24.7 Å². The van der Waals surface area contributed by atoms with E-state index in [1.165, 1.54) is 11.1 Å². The normalized spacial score (nSPS) is 19.3. The first-order chi connectivity index (χ1) is 14.7. The Hall–Kier alpha value is -2.14. The van der Waals surface area contributed by atoms with Crippen molar-refractivity contribution in [3.63, 3.8) is 0 Å². The lowest BCUT2D eigenvalue weighted by Gasteiger charge is -2.37. The van der Waals surface area contributed by atoms with Crippen LogP contribution in [0.3, 0.4) is 0 Å². The van der Waals surface area contributed by atoms with E-state index in [1.807, 2.05) is 24.5 Å². The van der Waals surface area contributed by atoms with Gasteiger partial charge in [0.15, 0.2) is 5.96 Å². The van der Waals surface area contributed by atoms with Crippen LogP contribution in [-0.2, 0) is 22.6 Å². The van der Waals surface area contributed by atoms with E-state index in [-0.39, 0.29) is 36.0 Å². The van der Waals surface area contributed by atoms with Crippen LogP contribution >= 0.6 is 24.0 Å². The lowest BCUT2D eigenvalue weighted by atomic mass is 10.1. The molecule has 9 heteroatoms. The maximum absolute atomic E-state index is 12.5. The summed E-state index contributed by atoms with van der Waals surface area (Å²) in [6.07, 6.45) is 7.19. The summed E-state index contributed by atoms with van der Waals surface area (Å²) < 4.78 is 7.61. The molecule has 1 aromatic carbocycles. The Morgan fingerprint density at radius 3 is 2.68 bits per heavy atom. The number of imidazole rings is 1. The zero-order valence-electron chi connectivity index (χ0n) is 17.9. The van der Waals surface area contributed by atoms with Crippen molar-refractivity contribution in [2.24, 2.45) is 4.99 Å². The fourth-order valence-corrected chi connectivity index (χ4v) is 4.06. The van der Waals surface area contributed by atoms with Gasteiger partial charge in [-0.25, -0.2) is 4.98 Å². The lowest BCUT2D eigenvalue weighted by molar-refractivity contribution is -0.142. The summed E-state index contributed by atoms with van der Waals surface area (Å²) in [6.45, 7) is 5.19. The molecule has 0 saturated carbocycles. The number of hydrogen-bond acceptors (Lipinski definition) is 4. The van der Waals surface area contributed by atoms with Crippen LogP contribution < -0.4 is 5.32 Å². The molecular formula is C22H31IN6O2. The molecule has 2 saturated heterocycles. The molecule has 1 aromatic heterocycles. The van der Waals surface area contributed by atoms with Crippen molar-refractivity contribution in [1.29, 1.82) is 0 Å². The molecule has 0 radical (unpaired) electrons. The number of halogens is 1. The first-order valence-corrected chi connectivity index (χ1v) is 10.6. The van der Waals surface area contributed by atoms with Crippen LogP contribution in [0.4, 0.5) is 0 Å². The summed E-state index contributed by atoms with van der Waals surface area (Å²) in [5.41, 5.74) is 2.45. The molecule has 168 valence electrons. The molecule has 1 unspecified atom stereocenters. The molecule has 8 nitrogen and oxygen atoms in total. The number of carbonyl (C=O) groups is 1. The van der Waals surface area contributed by atoms with Crippen molar-refractivity contribution < 1.29 is 9.53 Å².